The van der Waals surface area contributed by atoms with Gasteiger partial charge in [0, 0.05) is 23.2 Å². The minimum absolute atomic E-state index is 0.107. The summed E-state index contributed by atoms with van der Waals surface area (Å²) in [6, 6.07) is 8.22. The molecule has 8 heteroatoms. The van der Waals surface area contributed by atoms with Crippen LogP contribution in [0, 0.1) is 12.7 Å². The number of ether oxygens (including phenoxy) is 1. The van der Waals surface area contributed by atoms with Crippen molar-refractivity contribution < 1.29 is 23.8 Å². The molecule has 6 nitrogen and oxygen atoms in total. The van der Waals surface area contributed by atoms with Gasteiger partial charge in [-0.2, -0.15) is 0 Å². The van der Waals surface area contributed by atoms with Crippen LogP contribution in [0.25, 0.3) is 0 Å². The summed E-state index contributed by atoms with van der Waals surface area (Å²) in [6.45, 7) is 1.87. The molecule has 152 valence electrons. The van der Waals surface area contributed by atoms with Crippen molar-refractivity contribution in [2.24, 2.45) is 0 Å². The number of halogens is 2. The summed E-state index contributed by atoms with van der Waals surface area (Å²) in [6.07, 6.45) is 2.88. The fourth-order valence-corrected chi connectivity index (χ4v) is 3.59. The fraction of sp³-hybridized carbons (Fsp3) is 0.238. The van der Waals surface area contributed by atoms with Crippen molar-refractivity contribution in [3.8, 4) is 5.75 Å². The predicted octanol–water partition coefficient (Wildman–Crippen LogP) is 4.33. The number of carbonyl (C=O) groups excluding carboxylic acids is 2. The van der Waals surface area contributed by atoms with Crippen molar-refractivity contribution in [1.29, 1.82) is 0 Å². The van der Waals surface area contributed by atoms with Gasteiger partial charge >= 0.3 is 6.03 Å². The second-order valence-corrected chi connectivity index (χ2v) is 7.41. The van der Waals surface area contributed by atoms with Crippen LogP contribution in [-0.2, 0) is 4.79 Å². The SMILES string of the molecule is Cc1cc(Br)c(NC(=O)N2C=CC(=O)C[C@H]2c2ccc(F)cc2)cc1OCCO. The van der Waals surface area contributed by atoms with E-state index < -0.39 is 12.1 Å². The number of aliphatic hydroxyl groups excluding tert-OH is 1. The van der Waals surface area contributed by atoms with E-state index in [-0.39, 0.29) is 31.2 Å². The largest absolute Gasteiger partial charge is 0.491 e. The summed E-state index contributed by atoms with van der Waals surface area (Å²) < 4.78 is 19.4. The molecular weight excluding hydrogens is 443 g/mol. The van der Waals surface area contributed by atoms with Crippen LogP contribution in [0.5, 0.6) is 5.75 Å². The molecule has 0 unspecified atom stereocenters. The average molecular weight is 463 g/mol. The first-order valence-corrected chi connectivity index (χ1v) is 9.78. The Bertz CT molecular complexity index is 946. The van der Waals surface area contributed by atoms with E-state index in [4.69, 9.17) is 9.84 Å². The number of allylic oxidation sites excluding steroid dienone is 1. The highest BCUT2D eigenvalue weighted by Crippen LogP contribution is 2.33. The van der Waals surface area contributed by atoms with Gasteiger partial charge in [-0.25, -0.2) is 9.18 Å². The third-order valence-corrected chi connectivity index (χ3v) is 5.15. The van der Waals surface area contributed by atoms with E-state index in [1.54, 1.807) is 24.3 Å². The van der Waals surface area contributed by atoms with E-state index in [9.17, 15) is 14.0 Å². The van der Waals surface area contributed by atoms with E-state index >= 15 is 0 Å². The molecule has 2 N–H and O–H groups in total. The molecule has 0 aliphatic carbocycles. The van der Waals surface area contributed by atoms with Crippen molar-refractivity contribution in [2.75, 3.05) is 18.5 Å². The molecule has 0 saturated carbocycles. The van der Waals surface area contributed by atoms with Gasteiger partial charge in [0.05, 0.1) is 18.3 Å². The van der Waals surface area contributed by atoms with Gasteiger partial charge in [-0.05, 0) is 58.3 Å². The Kier molecular flexibility index (Phi) is 6.66. The van der Waals surface area contributed by atoms with Gasteiger partial charge in [-0.1, -0.05) is 12.1 Å². The Hall–Kier alpha value is -2.71. The quantitative estimate of drug-likeness (QED) is 0.692. The van der Waals surface area contributed by atoms with Crippen LogP contribution in [0.1, 0.15) is 23.6 Å². The van der Waals surface area contributed by atoms with E-state index in [1.807, 2.05) is 6.92 Å². The smallest absolute Gasteiger partial charge is 0.326 e. The molecule has 1 heterocycles. The first-order chi connectivity index (χ1) is 13.9. The maximum atomic E-state index is 13.3. The zero-order valence-electron chi connectivity index (χ0n) is 15.7. The lowest BCUT2D eigenvalue weighted by molar-refractivity contribution is -0.116. The first kappa shape index (κ1) is 21.0. The fourth-order valence-electron chi connectivity index (χ4n) is 3.04. The molecule has 0 saturated heterocycles. The molecule has 1 aliphatic rings. The second-order valence-electron chi connectivity index (χ2n) is 6.56. The summed E-state index contributed by atoms with van der Waals surface area (Å²) >= 11 is 3.43. The third-order valence-electron chi connectivity index (χ3n) is 4.50. The maximum Gasteiger partial charge on any atom is 0.326 e. The maximum absolute atomic E-state index is 13.3. The lowest BCUT2D eigenvalue weighted by atomic mass is 9.97. The van der Waals surface area contributed by atoms with Gasteiger partial charge in [0.25, 0.3) is 0 Å². The lowest BCUT2D eigenvalue weighted by Crippen LogP contribution is -2.37. The van der Waals surface area contributed by atoms with Crippen molar-refractivity contribution in [3.63, 3.8) is 0 Å². The van der Waals surface area contributed by atoms with E-state index in [1.165, 1.54) is 29.3 Å². The molecule has 0 spiro atoms. The zero-order valence-corrected chi connectivity index (χ0v) is 17.3. The number of nitrogens with zero attached hydrogens (tertiary/aromatic N) is 1. The van der Waals surface area contributed by atoms with Gasteiger partial charge < -0.3 is 15.2 Å². The third kappa shape index (κ3) is 5.02. The summed E-state index contributed by atoms with van der Waals surface area (Å²) in [5.41, 5.74) is 1.99. The highest BCUT2D eigenvalue weighted by molar-refractivity contribution is 9.10. The van der Waals surface area contributed by atoms with Gasteiger partial charge in [0.2, 0.25) is 0 Å². The van der Waals surface area contributed by atoms with E-state index in [2.05, 4.69) is 21.2 Å². The number of hydrogen-bond acceptors (Lipinski definition) is 4. The minimum atomic E-state index is -0.539. The van der Waals surface area contributed by atoms with Crippen molar-refractivity contribution in [1.82, 2.24) is 4.90 Å². The Morgan fingerprint density at radius 1 is 1.34 bits per heavy atom. The highest BCUT2D eigenvalue weighted by Gasteiger charge is 2.29. The molecule has 2 aromatic carbocycles. The molecule has 3 rings (SSSR count). The summed E-state index contributed by atoms with van der Waals surface area (Å²) in [4.78, 5) is 26.3. The molecule has 1 atom stereocenters. The molecule has 0 bridgehead atoms. The van der Waals surface area contributed by atoms with Crippen molar-refractivity contribution in [3.05, 3.63) is 70.1 Å². The normalized spacial score (nSPS) is 16.1. The number of rotatable bonds is 5. The summed E-state index contributed by atoms with van der Waals surface area (Å²) in [7, 11) is 0. The zero-order chi connectivity index (χ0) is 21.0. The van der Waals surface area contributed by atoms with Crippen LogP contribution in [-0.4, -0.2) is 35.0 Å². The Morgan fingerprint density at radius 2 is 2.07 bits per heavy atom. The van der Waals surface area contributed by atoms with Crippen LogP contribution in [0.4, 0.5) is 14.9 Å². The van der Waals surface area contributed by atoms with E-state index in [0.717, 1.165) is 5.56 Å². The lowest BCUT2D eigenvalue weighted by Gasteiger charge is -2.31. The monoisotopic (exact) mass is 462 g/mol. The van der Waals surface area contributed by atoms with Crippen LogP contribution < -0.4 is 10.1 Å². The van der Waals surface area contributed by atoms with Crippen LogP contribution in [0.15, 0.2) is 53.1 Å². The number of carbonyl (C=O) groups is 2. The highest BCUT2D eigenvalue weighted by atomic mass is 79.9. The molecule has 0 aromatic heterocycles. The van der Waals surface area contributed by atoms with Gasteiger partial charge in [0.1, 0.15) is 18.2 Å². The first-order valence-electron chi connectivity index (χ1n) is 8.98. The Labute approximate surface area is 176 Å². The van der Waals surface area contributed by atoms with Crippen LogP contribution in [0.3, 0.4) is 0 Å². The summed E-state index contributed by atoms with van der Waals surface area (Å²) in [5.74, 6) is 0.0398. The van der Waals surface area contributed by atoms with Crippen LogP contribution in [0.2, 0.25) is 0 Å². The number of anilines is 1. The number of ketones is 1. The molecule has 2 aromatic rings. The summed E-state index contributed by atoms with van der Waals surface area (Å²) in [5, 5.41) is 11.8. The molecule has 1 aliphatic heterocycles. The standard InChI is InChI=1S/C21H20BrFN2O4/c1-13-10-17(22)18(12-20(13)29-9-8-26)24-21(28)25-7-6-16(27)11-19(25)14-2-4-15(23)5-3-14/h2-7,10,12,19,26H,8-9,11H2,1H3,(H,24,28)/t19-/m0/s1. The van der Waals surface area contributed by atoms with Gasteiger partial charge in [-0.15, -0.1) is 0 Å². The molecule has 0 radical (unpaired) electrons. The van der Waals surface area contributed by atoms with Crippen molar-refractivity contribution >= 4 is 33.4 Å². The number of aryl methyl sites for hydroxylation is 1. The Morgan fingerprint density at radius 3 is 2.76 bits per heavy atom. The molecule has 29 heavy (non-hydrogen) atoms. The second kappa shape index (κ2) is 9.19. The number of benzene rings is 2. The number of hydrogen-bond donors (Lipinski definition) is 2. The van der Waals surface area contributed by atoms with Crippen LogP contribution >= 0.6 is 15.9 Å². The van der Waals surface area contributed by atoms with Crippen molar-refractivity contribution in [2.45, 2.75) is 19.4 Å². The number of urea groups is 1. The predicted molar refractivity (Wildman–Crippen MR) is 110 cm³/mol. The number of nitrogens with one attached hydrogen (secondary N) is 1. The number of aliphatic hydroxyl groups is 1. The molecule has 2 amide bonds. The average Bonchev–Trinajstić information content (AvgIpc) is 2.69. The number of amides is 2. The Balaban J connectivity index is 1.85. The van der Waals surface area contributed by atoms with E-state index in [0.29, 0.717) is 21.5 Å². The molecular formula is C21H20BrFN2O4. The topological polar surface area (TPSA) is 78.9 Å². The van der Waals surface area contributed by atoms with Gasteiger partial charge in [0.15, 0.2) is 5.78 Å². The van der Waals surface area contributed by atoms with Gasteiger partial charge in [-0.3, -0.25) is 9.69 Å². The molecule has 0 fully saturated rings. The minimum Gasteiger partial charge on any atom is -0.491 e.